The number of ether oxygens (including phenoxy) is 1. The highest BCUT2D eigenvalue weighted by atomic mass is 127. The third-order valence-corrected chi connectivity index (χ3v) is 6.42. The lowest BCUT2D eigenvalue weighted by molar-refractivity contribution is 0.0992. The van der Waals surface area contributed by atoms with Gasteiger partial charge in [0.05, 0.1) is 18.2 Å². The van der Waals surface area contributed by atoms with E-state index < -0.39 is 0 Å². The molecule has 3 unspecified atom stereocenters. The first-order valence-electron chi connectivity index (χ1n) is 10.6. The molecular formula is C22H35IN4O. The first-order chi connectivity index (χ1) is 13.2. The maximum Gasteiger partial charge on any atom is 0.191 e. The molecule has 6 heteroatoms. The summed E-state index contributed by atoms with van der Waals surface area (Å²) in [6.45, 7) is 6.71. The van der Waals surface area contributed by atoms with E-state index in [0.29, 0.717) is 18.2 Å². The zero-order valence-corrected chi connectivity index (χ0v) is 19.5. The molecule has 2 bridgehead atoms. The molecule has 3 fully saturated rings. The SMILES string of the molecule is CN=C(NCc1ccc(CN2CCC(C)CC2)cc1)NC1CC2CCC1O2.I. The average molecular weight is 498 g/mol. The molecule has 156 valence electrons. The van der Waals surface area contributed by atoms with Gasteiger partial charge in [-0.05, 0) is 62.2 Å². The van der Waals surface area contributed by atoms with Gasteiger partial charge in [0.1, 0.15) is 0 Å². The summed E-state index contributed by atoms with van der Waals surface area (Å²) in [6.07, 6.45) is 7.00. The van der Waals surface area contributed by atoms with E-state index in [1.807, 2.05) is 7.05 Å². The minimum absolute atomic E-state index is 0. The Labute approximate surface area is 186 Å². The van der Waals surface area contributed by atoms with Gasteiger partial charge < -0.3 is 15.4 Å². The zero-order chi connectivity index (χ0) is 18.6. The molecule has 1 aromatic carbocycles. The monoisotopic (exact) mass is 498 g/mol. The lowest BCUT2D eigenvalue weighted by Gasteiger charge is -2.30. The molecule has 3 aliphatic heterocycles. The number of nitrogens with zero attached hydrogens (tertiary/aromatic N) is 2. The summed E-state index contributed by atoms with van der Waals surface area (Å²) in [5.41, 5.74) is 2.70. The van der Waals surface area contributed by atoms with Gasteiger partial charge in [0.25, 0.3) is 0 Å². The minimum atomic E-state index is 0. The standard InChI is InChI=1S/C22H34N4O.HI/c1-16-9-11-26(12-10-16)15-18-5-3-17(4-6-18)14-24-22(23-2)25-20-13-19-7-8-21(20)27-19;/h3-6,16,19-21H,7-15H2,1-2H3,(H2,23,24,25);1H. The van der Waals surface area contributed by atoms with Crippen molar-refractivity contribution in [2.45, 2.75) is 70.4 Å². The fourth-order valence-corrected chi connectivity index (χ4v) is 4.59. The summed E-state index contributed by atoms with van der Waals surface area (Å²) in [4.78, 5) is 6.96. The second kappa shape index (κ2) is 10.3. The van der Waals surface area contributed by atoms with Crippen LogP contribution < -0.4 is 10.6 Å². The molecule has 0 aromatic heterocycles. The molecule has 5 nitrogen and oxygen atoms in total. The number of fused-ring (bicyclic) bond motifs is 2. The first-order valence-corrected chi connectivity index (χ1v) is 10.6. The second-order valence-electron chi connectivity index (χ2n) is 8.56. The Morgan fingerprint density at radius 3 is 2.43 bits per heavy atom. The predicted molar refractivity (Wildman–Crippen MR) is 125 cm³/mol. The van der Waals surface area contributed by atoms with Crippen molar-refractivity contribution in [2.75, 3.05) is 20.1 Å². The predicted octanol–water partition coefficient (Wildman–Crippen LogP) is 3.52. The number of likely N-dealkylation sites (tertiary alicyclic amines) is 1. The van der Waals surface area contributed by atoms with Crippen LogP contribution in [0.5, 0.6) is 0 Å². The number of guanidine groups is 1. The first kappa shape index (κ1) is 21.8. The topological polar surface area (TPSA) is 48.9 Å². The van der Waals surface area contributed by atoms with Crippen molar-refractivity contribution in [1.82, 2.24) is 15.5 Å². The van der Waals surface area contributed by atoms with E-state index in [-0.39, 0.29) is 24.0 Å². The lowest BCUT2D eigenvalue weighted by atomic mass is 9.96. The molecular weight excluding hydrogens is 463 g/mol. The zero-order valence-electron chi connectivity index (χ0n) is 17.2. The van der Waals surface area contributed by atoms with Crippen LogP contribution in [0.1, 0.15) is 50.2 Å². The van der Waals surface area contributed by atoms with Gasteiger partial charge in [0, 0.05) is 20.1 Å². The van der Waals surface area contributed by atoms with Crippen molar-refractivity contribution in [3.05, 3.63) is 35.4 Å². The van der Waals surface area contributed by atoms with Gasteiger partial charge >= 0.3 is 0 Å². The highest BCUT2D eigenvalue weighted by Gasteiger charge is 2.41. The summed E-state index contributed by atoms with van der Waals surface area (Å²) >= 11 is 0. The maximum absolute atomic E-state index is 5.93. The number of halogens is 1. The van der Waals surface area contributed by atoms with Crippen LogP contribution in [-0.4, -0.2) is 49.2 Å². The van der Waals surface area contributed by atoms with E-state index in [1.54, 1.807) is 0 Å². The fraction of sp³-hybridized carbons (Fsp3) is 0.682. The normalized spacial score (nSPS) is 28.2. The molecule has 4 rings (SSSR count). The largest absolute Gasteiger partial charge is 0.373 e. The van der Waals surface area contributed by atoms with E-state index in [4.69, 9.17) is 4.74 Å². The Balaban J connectivity index is 0.00000225. The van der Waals surface area contributed by atoms with Crippen LogP contribution in [0.15, 0.2) is 29.3 Å². The fourth-order valence-electron chi connectivity index (χ4n) is 4.59. The quantitative estimate of drug-likeness (QED) is 0.371. The highest BCUT2D eigenvalue weighted by Crippen LogP contribution is 2.34. The van der Waals surface area contributed by atoms with Crippen LogP contribution in [-0.2, 0) is 17.8 Å². The molecule has 0 aliphatic carbocycles. The van der Waals surface area contributed by atoms with E-state index in [1.165, 1.54) is 49.9 Å². The lowest BCUT2D eigenvalue weighted by Crippen LogP contribution is -2.47. The van der Waals surface area contributed by atoms with Crippen LogP contribution in [0.4, 0.5) is 0 Å². The molecule has 28 heavy (non-hydrogen) atoms. The summed E-state index contributed by atoms with van der Waals surface area (Å²) in [5, 5.41) is 6.99. The Kier molecular flexibility index (Phi) is 8.00. The summed E-state index contributed by atoms with van der Waals surface area (Å²) < 4.78 is 5.93. The molecule has 2 N–H and O–H groups in total. The van der Waals surface area contributed by atoms with E-state index in [0.717, 1.165) is 31.4 Å². The third kappa shape index (κ3) is 5.60. The Bertz CT molecular complexity index is 642. The van der Waals surface area contributed by atoms with Gasteiger partial charge in [-0.25, -0.2) is 0 Å². The summed E-state index contributed by atoms with van der Waals surface area (Å²) in [5.74, 6) is 1.77. The number of hydrogen-bond donors (Lipinski definition) is 2. The van der Waals surface area contributed by atoms with E-state index in [2.05, 4.69) is 51.7 Å². The van der Waals surface area contributed by atoms with Crippen molar-refractivity contribution < 1.29 is 4.74 Å². The second-order valence-corrected chi connectivity index (χ2v) is 8.56. The third-order valence-electron chi connectivity index (χ3n) is 6.42. The van der Waals surface area contributed by atoms with Crippen LogP contribution in [0.2, 0.25) is 0 Å². The van der Waals surface area contributed by atoms with Crippen molar-refractivity contribution in [2.24, 2.45) is 10.9 Å². The molecule has 3 aliphatic rings. The van der Waals surface area contributed by atoms with Crippen LogP contribution in [0.25, 0.3) is 0 Å². The van der Waals surface area contributed by atoms with Crippen molar-refractivity contribution >= 4 is 29.9 Å². The number of piperidine rings is 1. The number of aliphatic imine (C=N–C) groups is 1. The maximum atomic E-state index is 5.93. The highest BCUT2D eigenvalue weighted by molar-refractivity contribution is 14.0. The molecule has 3 saturated heterocycles. The van der Waals surface area contributed by atoms with Crippen molar-refractivity contribution in [3.63, 3.8) is 0 Å². The van der Waals surface area contributed by atoms with Crippen LogP contribution >= 0.6 is 24.0 Å². The summed E-state index contributed by atoms with van der Waals surface area (Å²) in [7, 11) is 1.84. The van der Waals surface area contributed by atoms with Crippen molar-refractivity contribution in [3.8, 4) is 0 Å². The number of nitrogens with one attached hydrogen (secondary N) is 2. The molecule has 0 amide bonds. The molecule has 0 saturated carbocycles. The van der Waals surface area contributed by atoms with E-state index >= 15 is 0 Å². The van der Waals surface area contributed by atoms with Crippen LogP contribution in [0, 0.1) is 5.92 Å². The van der Waals surface area contributed by atoms with Crippen molar-refractivity contribution in [1.29, 1.82) is 0 Å². The number of hydrogen-bond acceptors (Lipinski definition) is 3. The Morgan fingerprint density at radius 2 is 1.82 bits per heavy atom. The molecule has 1 aromatic rings. The summed E-state index contributed by atoms with van der Waals surface area (Å²) in [6, 6.07) is 9.43. The average Bonchev–Trinajstić information content (AvgIpc) is 3.31. The number of benzene rings is 1. The molecule has 0 spiro atoms. The molecule has 0 radical (unpaired) electrons. The molecule has 3 heterocycles. The van der Waals surface area contributed by atoms with Crippen LogP contribution in [0.3, 0.4) is 0 Å². The Morgan fingerprint density at radius 1 is 1.11 bits per heavy atom. The van der Waals surface area contributed by atoms with Gasteiger partial charge in [-0.15, -0.1) is 24.0 Å². The van der Waals surface area contributed by atoms with Gasteiger partial charge in [-0.3, -0.25) is 9.89 Å². The van der Waals surface area contributed by atoms with Gasteiger partial charge in [-0.2, -0.15) is 0 Å². The number of rotatable bonds is 5. The molecule has 3 atom stereocenters. The van der Waals surface area contributed by atoms with E-state index in [9.17, 15) is 0 Å². The Hall–Kier alpha value is -0.860. The smallest absolute Gasteiger partial charge is 0.191 e. The minimum Gasteiger partial charge on any atom is -0.373 e. The van der Waals surface area contributed by atoms with Gasteiger partial charge in [-0.1, -0.05) is 31.2 Å². The van der Waals surface area contributed by atoms with Gasteiger partial charge in [0.15, 0.2) is 5.96 Å². The van der Waals surface area contributed by atoms with Gasteiger partial charge in [0.2, 0.25) is 0 Å².